The van der Waals surface area contributed by atoms with Crippen LogP contribution in [0.5, 0.6) is 5.75 Å². The lowest BCUT2D eigenvalue weighted by Gasteiger charge is -2.21. The monoisotopic (exact) mass is 352 g/mol. The van der Waals surface area contributed by atoms with E-state index in [1.54, 1.807) is 19.4 Å². The van der Waals surface area contributed by atoms with Crippen LogP contribution in [0.3, 0.4) is 0 Å². The third-order valence-electron chi connectivity index (χ3n) is 3.23. The summed E-state index contributed by atoms with van der Waals surface area (Å²) in [6, 6.07) is 7.14. The number of nitrogens with one attached hydrogen (secondary N) is 1. The maximum Gasteiger partial charge on any atom is 0.146 e. The molecule has 0 spiro atoms. The largest absolute Gasteiger partial charge is 0.497 e. The van der Waals surface area contributed by atoms with Crippen molar-refractivity contribution in [1.29, 1.82) is 0 Å². The van der Waals surface area contributed by atoms with Gasteiger partial charge in [-0.25, -0.2) is 4.39 Å². The maximum absolute atomic E-state index is 14.1. The van der Waals surface area contributed by atoms with E-state index >= 15 is 0 Å². The molecular formula is C16H18BrFN2O. The van der Waals surface area contributed by atoms with Crippen molar-refractivity contribution in [2.75, 3.05) is 13.7 Å². The zero-order chi connectivity index (χ0) is 15.2. The van der Waals surface area contributed by atoms with Gasteiger partial charge in [0.05, 0.1) is 19.3 Å². The number of hydrogen-bond donors (Lipinski definition) is 1. The summed E-state index contributed by atoms with van der Waals surface area (Å²) in [5.41, 5.74) is 1.51. The first-order valence-corrected chi connectivity index (χ1v) is 7.63. The van der Waals surface area contributed by atoms with Gasteiger partial charge < -0.3 is 10.1 Å². The highest BCUT2D eigenvalue weighted by Crippen LogP contribution is 2.32. The molecule has 2 rings (SSSR count). The average molecular weight is 353 g/mol. The van der Waals surface area contributed by atoms with Gasteiger partial charge >= 0.3 is 0 Å². The first-order valence-electron chi connectivity index (χ1n) is 6.83. The van der Waals surface area contributed by atoms with E-state index in [2.05, 4.69) is 33.2 Å². The van der Waals surface area contributed by atoms with Crippen LogP contribution in [-0.2, 0) is 0 Å². The van der Waals surface area contributed by atoms with Crippen molar-refractivity contribution in [2.24, 2.45) is 0 Å². The van der Waals surface area contributed by atoms with Gasteiger partial charge in [0.25, 0.3) is 0 Å². The number of benzene rings is 1. The summed E-state index contributed by atoms with van der Waals surface area (Å²) < 4.78 is 20.3. The summed E-state index contributed by atoms with van der Waals surface area (Å²) in [6.07, 6.45) is 3.81. The highest BCUT2D eigenvalue weighted by Gasteiger charge is 2.20. The molecule has 0 radical (unpaired) electrons. The molecule has 112 valence electrons. The third-order valence-corrected chi connectivity index (χ3v) is 3.95. The van der Waals surface area contributed by atoms with Crippen LogP contribution < -0.4 is 10.1 Å². The summed E-state index contributed by atoms with van der Waals surface area (Å²) in [6.45, 7) is 2.86. The van der Waals surface area contributed by atoms with E-state index in [1.807, 2.05) is 18.2 Å². The molecule has 1 aromatic heterocycles. The van der Waals surface area contributed by atoms with Crippen LogP contribution in [0.2, 0.25) is 0 Å². The lowest BCUT2D eigenvalue weighted by molar-refractivity contribution is 0.413. The molecule has 1 atom stereocenters. The SMILES string of the molecule is CCCNC(c1ccncc1F)c1cc(OC)ccc1Br. The highest BCUT2D eigenvalue weighted by atomic mass is 79.9. The summed E-state index contributed by atoms with van der Waals surface area (Å²) >= 11 is 3.54. The topological polar surface area (TPSA) is 34.2 Å². The van der Waals surface area contributed by atoms with Crippen molar-refractivity contribution in [3.8, 4) is 5.75 Å². The number of ether oxygens (including phenoxy) is 1. The molecule has 0 saturated heterocycles. The van der Waals surface area contributed by atoms with Gasteiger partial charge in [-0.05, 0) is 42.8 Å². The number of pyridine rings is 1. The predicted octanol–water partition coefficient (Wildman–Crippen LogP) is 4.08. The fraction of sp³-hybridized carbons (Fsp3) is 0.312. The second-order valence-electron chi connectivity index (χ2n) is 4.67. The fourth-order valence-electron chi connectivity index (χ4n) is 2.17. The van der Waals surface area contributed by atoms with Crippen molar-refractivity contribution >= 4 is 15.9 Å². The maximum atomic E-state index is 14.1. The molecule has 0 aliphatic rings. The molecule has 2 aromatic rings. The van der Waals surface area contributed by atoms with Crippen LogP contribution in [0, 0.1) is 5.82 Å². The molecular weight excluding hydrogens is 335 g/mol. The van der Waals surface area contributed by atoms with E-state index in [9.17, 15) is 4.39 Å². The normalized spacial score (nSPS) is 12.2. The van der Waals surface area contributed by atoms with Crippen molar-refractivity contribution in [1.82, 2.24) is 10.3 Å². The van der Waals surface area contributed by atoms with E-state index in [-0.39, 0.29) is 11.9 Å². The number of nitrogens with zero attached hydrogens (tertiary/aromatic N) is 1. The van der Waals surface area contributed by atoms with Crippen molar-refractivity contribution in [2.45, 2.75) is 19.4 Å². The molecule has 3 nitrogen and oxygen atoms in total. The number of rotatable bonds is 6. The summed E-state index contributed by atoms with van der Waals surface area (Å²) in [4.78, 5) is 3.82. The molecule has 0 amide bonds. The molecule has 1 aromatic carbocycles. The Hall–Kier alpha value is -1.46. The zero-order valence-electron chi connectivity index (χ0n) is 12.1. The molecule has 0 bridgehead atoms. The van der Waals surface area contributed by atoms with Gasteiger partial charge in [0.2, 0.25) is 0 Å². The van der Waals surface area contributed by atoms with Crippen LogP contribution in [0.1, 0.15) is 30.5 Å². The second-order valence-corrected chi connectivity index (χ2v) is 5.53. The Kier molecular flexibility index (Phi) is 5.70. The van der Waals surface area contributed by atoms with Crippen molar-refractivity contribution in [3.63, 3.8) is 0 Å². The van der Waals surface area contributed by atoms with Crippen molar-refractivity contribution < 1.29 is 9.13 Å². The first-order chi connectivity index (χ1) is 10.2. The van der Waals surface area contributed by atoms with Gasteiger partial charge in [-0.1, -0.05) is 22.9 Å². The molecule has 1 N–H and O–H groups in total. The number of aromatic nitrogens is 1. The Labute approximate surface area is 132 Å². The minimum Gasteiger partial charge on any atom is -0.497 e. The Morgan fingerprint density at radius 2 is 2.14 bits per heavy atom. The average Bonchev–Trinajstić information content (AvgIpc) is 2.50. The van der Waals surface area contributed by atoms with Crippen LogP contribution in [0.25, 0.3) is 0 Å². The van der Waals surface area contributed by atoms with E-state index in [4.69, 9.17) is 4.74 Å². The summed E-state index contributed by atoms with van der Waals surface area (Å²) in [7, 11) is 1.62. The number of halogens is 2. The van der Waals surface area contributed by atoms with Gasteiger partial charge in [-0.2, -0.15) is 0 Å². The standard InChI is InChI=1S/C16H18BrFN2O/c1-3-7-20-16(12-6-8-19-10-15(12)18)13-9-11(21-2)4-5-14(13)17/h4-6,8-10,16,20H,3,7H2,1-2H3. The molecule has 21 heavy (non-hydrogen) atoms. The van der Waals surface area contributed by atoms with Crippen molar-refractivity contribution in [3.05, 3.63) is 58.1 Å². The molecule has 1 unspecified atom stereocenters. The van der Waals surface area contributed by atoms with Crippen LogP contribution in [0.4, 0.5) is 4.39 Å². The molecule has 0 aliphatic heterocycles. The Bertz CT molecular complexity index is 607. The van der Waals surface area contributed by atoms with Gasteiger partial charge in [-0.3, -0.25) is 4.98 Å². The van der Waals surface area contributed by atoms with Gasteiger partial charge in [0.15, 0.2) is 0 Å². The quantitative estimate of drug-likeness (QED) is 0.850. The van der Waals surface area contributed by atoms with Gasteiger partial charge in [0.1, 0.15) is 11.6 Å². The molecule has 0 aliphatic carbocycles. The van der Waals surface area contributed by atoms with Gasteiger partial charge in [-0.15, -0.1) is 0 Å². The molecule has 0 fully saturated rings. The smallest absolute Gasteiger partial charge is 0.146 e. The Morgan fingerprint density at radius 1 is 1.33 bits per heavy atom. The molecule has 0 saturated carbocycles. The van der Waals surface area contributed by atoms with Gasteiger partial charge in [0, 0.05) is 16.2 Å². The minimum atomic E-state index is -0.319. The Morgan fingerprint density at radius 3 is 2.81 bits per heavy atom. The fourth-order valence-corrected chi connectivity index (χ4v) is 2.64. The second kappa shape index (κ2) is 7.52. The number of hydrogen-bond acceptors (Lipinski definition) is 3. The number of methoxy groups -OCH3 is 1. The molecule has 1 heterocycles. The van der Waals surface area contributed by atoms with Crippen LogP contribution >= 0.6 is 15.9 Å². The highest BCUT2D eigenvalue weighted by molar-refractivity contribution is 9.10. The summed E-state index contributed by atoms with van der Waals surface area (Å²) in [5, 5.41) is 3.38. The predicted molar refractivity (Wildman–Crippen MR) is 85.0 cm³/mol. The Balaban J connectivity index is 2.48. The lowest BCUT2D eigenvalue weighted by atomic mass is 9.98. The van der Waals surface area contributed by atoms with Crippen LogP contribution in [-0.4, -0.2) is 18.6 Å². The van der Waals surface area contributed by atoms with E-state index in [0.29, 0.717) is 5.56 Å². The van der Waals surface area contributed by atoms with E-state index in [1.165, 1.54) is 6.20 Å². The third kappa shape index (κ3) is 3.80. The summed E-state index contributed by atoms with van der Waals surface area (Å²) in [5.74, 6) is 0.423. The zero-order valence-corrected chi connectivity index (χ0v) is 13.7. The van der Waals surface area contributed by atoms with E-state index < -0.39 is 0 Å². The minimum absolute atomic E-state index is 0.252. The van der Waals surface area contributed by atoms with Crippen LogP contribution in [0.15, 0.2) is 41.1 Å². The first kappa shape index (κ1) is 15.9. The molecule has 5 heteroatoms. The lowest BCUT2D eigenvalue weighted by Crippen LogP contribution is -2.24. The van der Waals surface area contributed by atoms with E-state index in [0.717, 1.165) is 28.8 Å².